The average molecular weight is 305 g/mol. The van der Waals surface area contributed by atoms with Crippen molar-refractivity contribution < 1.29 is 19.4 Å². The molecule has 1 aliphatic carbocycles. The highest BCUT2D eigenvalue weighted by molar-refractivity contribution is 5.77. The SMILES string of the molecule is COc1ccccc1C(C)CC(=O)N[C@@H]1CC[C@H](C(=O)O)C1. The zero-order valence-electron chi connectivity index (χ0n) is 13.0. The molecular weight excluding hydrogens is 282 g/mol. The number of methoxy groups -OCH3 is 1. The number of rotatable bonds is 6. The van der Waals surface area contributed by atoms with Crippen LogP contribution in [0.1, 0.15) is 44.1 Å². The fraction of sp³-hybridized carbons (Fsp3) is 0.529. The second kappa shape index (κ2) is 7.29. The molecule has 0 heterocycles. The van der Waals surface area contributed by atoms with Crippen LogP contribution in [0.2, 0.25) is 0 Å². The van der Waals surface area contributed by atoms with E-state index in [0.29, 0.717) is 19.3 Å². The van der Waals surface area contributed by atoms with Crippen molar-refractivity contribution in [3.05, 3.63) is 29.8 Å². The van der Waals surface area contributed by atoms with Crippen LogP contribution < -0.4 is 10.1 Å². The monoisotopic (exact) mass is 305 g/mol. The second-order valence-electron chi connectivity index (χ2n) is 5.96. The van der Waals surface area contributed by atoms with Crippen LogP contribution in [0, 0.1) is 5.92 Å². The molecule has 0 radical (unpaired) electrons. The molecule has 0 spiro atoms. The lowest BCUT2D eigenvalue weighted by molar-refractivity contribution is -0.141. The van der Waals surface area contributed by atoms with E-state index in [1.54, 1.807) is 7.11 Å². The summed E-state index contributed by atoms with van der Waals surface area (Å²) < 4.78 is 5.32. The summed E-state index contributed by atoms with van der Waals surface area (Å²) in [7, 11) is 1.62. The number of ether oxygens (including phenoxy) is 1. The molecule has 1 aromatic carbocycles. The van der Waals surface area contributed by atoms with Gasteiger partial charge in [-0.2, -0.15) is 0 Å². The Labute approximate surface area is 130 Å². The number of para-hydroxylation sites is 1. The summed E-state index contributed by atoms with van der Waals surface area (Å²) in [6, 6.07) is 7.67. The standard InChI is InChI=1S/C17H23NO4/c1-11(14-5-3-4-6-15(14)22-2)9-16(19)18-13-8-7-12(10-13)17(20)21/h3-6,11-13H,7-10H2,1-2H3,(H,18,19)(H,20,21)/t11?,12-,13+/m0/s1. The molecule has 0 aliphatic heterocycles. The van der Waals surface area contributed by atoms with Gasteiger partial charge in [0.05, 0.1) is 13.0 Å². The van der Waals surface area contributed by atoms with Gasteiger partial charge < -0.3 is 15.2 Å². The molecular formula is C17H23NO4. The van der Waals surface area contributed by atoms with Crippen LogP contribution in [0.25, 0.3) is 0 Å². The van der Waals surface area contributed by atoms with Crippen molar-refractivity contribution in [2.24, 2.45) is 5.92 Å². The smallest absolute Gasteiger partial charge is 0.306 e. The number of amides is 1. The largest absolute Gasteiger partial charge is 0.496 e. The van der Waals surface area contributed by atoms with E-state index in [4.69, 9.17) is 9.84 Å². The number of carboxylic acids is 1. The first-order valence-electron chi connectivity index (χ1n) is 7.66. The van der Waals surface area contributed by atoms with E-state index in [1.807, 2.05) is 31.2 Å². The Kier molecular flexibility index (Phi) is 5.41. The van der Waals surface area contributed by atoms with Crippen molar-refractivity contribution >= 4 is 11.9 Å². The second-order valence-corrected chi connectivity index (χ2v) is 5.96. The minimum Gasteiger partial charge on any atom is -0.496 e. The average Bonchev–Trinajstić information content (AvgIpc) is 2.95. The minimum absolute atomic E-state index is 0.0153. The van der Waals surface area contributed by atoms with Crippen LogP contribution in [0.3, 0.4) is 0 Å². The summed E-state index contributed by atoms with van der Waals surface area (Å²) in [4.78, 5) is 23.1. The molecule has 120 valence electrons. The van der Waals surface area contributed by atoms with E-state index in [0.717, 1.165) is 17.7 Å². The van der Waals surface area contributed by atoms with Crippen molar-refractivity contribution in [2.75, 3.05) is 7.11 Å². The summed E-state index contributed by atoms with van der Waals surface area (Å²) in [5.74, 6) is -0.284. The van der Waals surface area contributed by atoms with Gasteiger partial charge in [-0.15, -0.1) is 0 Å². The maximum absolute atomic E-state index is 12.2. The van der Waals surface area contributed by atoms with Gasteiger partial charge in [0.1, 0.15) is 5.75 Å². The molecule has 0 aromatic heterocycles. The van der Waals surface area contributed by atoms with E-state index in [2.05, 4.69) is 5.32 Å². The highest BCUT2D eigenvalue weighted by Crippen LogP contribution is 2.29. The van der Waals surface area contributed by atoms with Gasteiger partial charge in [0.25, 0.3) is 0 Å². The zero-order valence-corrected chi connectivity index (χ0v) is 13.0. The van der Waals surface area contributed by atoms with Gasteiger partial charge in [-0.25, -0.2) is 0 Å². The molecule has 0 saturated heterocycles. The van der Waals surface area contributed by atoms with E-state index in [1.165, 1.54) is 0 Å². The van der Waals surface area contributed by atoms with Gasteiger partial charge in [-0.3, -0.25) is 9.59 Å². The molecule has 5 nitrogen and oxygen atoms in total. The molecule has 1 fully saturated rings. The van der Waals surface area contributed by atoms with Gasteiger partial charge in [-0.1, -0.05) is 25.1 Å². The number of hydrogen-bond acceptors (Lipinski definition) is 3. The fourth-order valence-electron chi connectivity index (χ4n) is 3.09. The Hall–Kier alpha value is -2.04. The molecule has 1 aliphatic rings. The Morgan fingerprint density at radius 3 is 2.73 bits per heavy atom. The third-order valence-corrected chi connectivity index (χ3v) is 4.31. The molecule has 2 rings (SSSR count). The van der Waals surface area contributed by atoms with Crippen LogP contribution in [-0.4, -0.2) is 30.1 Å². The summed E-state index contributed by atoms with van der Waals surface area (Å²) >= 11 is 0. The molecule has 3 atom stereocenters. The maximum Gasteiger partial charge on any atom is 0.306 e. The summed E-state index contributed by atoms with van der Waals surface area (Å²) in [5, 5.41) is 11.9. The van der Waals surface area contributed by atoms with Crippen LogP contribution in [0.15, 0.2) is 24.3 Å². The summed E-state index contributed by atoms with van der Waals surface area (Å²) in [5.41, 5.74) is 1.01. The van der Waals surface area contributed by atoms with Crippen molar-refractivity contribution in [3.8, 4) is 5.75 Å². The topological polar surface area (TPSA) is 75.6 Å². The summed E-state index contributed by atoms with van der Waals surface area (Å²) in [6.07, 6.45) is 2.28. The number of carbonyl (C=O) groups is 2. The lowest BCUT2D eigenvalue weighted by Gasteiger charge is -2.17. The van der Waals surface area contributed by atoms with Crippen molar-refractivity contribution in [3.63, 3.8) is 0 Å². The minimum atomic E-state index is -0.765. The Bertz CT molecular complexity index is 543. The number of carbonyl (C=O) groups excluding carboxylic acids is 1. The van der Waals surface area contributed by atoms with E-state index >= 15 is 0 Å². The molecule has 1 saturated carbocycles. The maximum atomic E-state index is 12.2. The zero-order chi connectivity index (χ0) is 16.1. The van der Waals surface area contributed by atoms with Crippen LogP contribution in [-0.2, 0) is 9.59 Å². The van der Waals surface area contributed by atoms with E-state index in [9.17, 15) is 9.59 Å². The van der Waals surface area contributed by atoms with Gasteiger partial charge in [0.15, 0.2) is 0 Å². The molecule has 1 unspecified atom stereocenters. The normalized spacial score (nSPS) is 22.1. The Morgan fingerprint density at radius 1 is 1.36 bits per heavy atom. The van der Waals surface area contributed by atoms with Crippen LogP contribution in [0.4, 0.5) is 0 Å². The predicted octanol–water partition coefficient (Wildman–Crippen LogP) is 2.56. The van der Waals surface area contributed by atoms with Gasteiger partial charge in [0.2, 0.25) is 5.91 Å². The van der Waals surface area contributed by atoms with Crippen molar-refractivity contribution in [1.82, 2.24) is 5.32 Å². The Balaban J connectivity index is 1.88. The summed E-state index contributed by atoms with van der Waals surface area (Å²) in [6.45, 7) is 1.99. The number of carboxylic acid groups (broad SMARTS) is 1. The number of aliphatic carboxylic acids is 1. The lowest BCUT2D eigenvalue weighted by Crippen LogP contribution is -2.34. The molecule has 2 N–H and O–H groups in total. The highest BCUT2D eigenvalue weighted by atomic mass is 16.5. The van der Waals surface area contributed by atoms with E-state index in [-0.39, 0.29) is 23.8 Å². The third kappa shape index (κ3) is 4.00. The third-order valence-electron chi connectivity index (χ3n) is 4.31. The lowest BCUT2D eigenvalue weighted by atomic mass is 9.96. The van der Waals surface area contributed by atoms with Gasteiger partial charge >= 0.3 is 5.97 Å². The highest BCUT2D eigenvalue weighted by Gasteiger charge is 2.30. The number of hydrogen-bond donors (Lipinski definition) is 2. The predicted molar refractivity (Wildman–Crippen MR) is 82.9 cm³/mol. The van der Waals surface area contributed by atoms with E-state index < -0.39 is 5.97 Å². The van der Waals surface area contributed by atoms with Crippen LogP contribution in [0.5, 0.6) is 5.75 Å². The number of nitrogens with one attached hydrogen (secondary N) is 1. The van der Waals surface area contributed by atoms with Crippen molar-refractivity contribution in [2.45, 2.75) is 44.6 Å². The number of benzene rings is 1. The van der Waals surface area contributed by atoms with Gasteiger partial charge in [-0.05, 0) is 36.8 Å². The Morgan fingerprint density at radius 2 is 2.09 bits per heavy atom. The molecule has 5 heteroatoms. The van der Waals surface area contributed by atoms with Crippen molar-refractivity contribution in [1.29, 1.82) is 0 Å². The van der Waals surface area contributed by atoms with Crippen LogP contribution >= 0.6 is 0 Å². The molecule has 1 aromatic rings. The van der Waals surface area contributed by atoms with Gasteiger partial charge in [0, 0.05) is 12.5 Å². The first kappa shape index (κ1) is 16.3. The molecule has 22 heavy (non-hydrogen) atoms. The quantitative estimate of drug-likeness (QED) is 0.847. The fourth-order valence-corrected chi connectivity index (χ4v) is 3.09. The molecule has 0 bridgehead atoms. The molecule has 1 amide bonds. The first-order chi connectivity index (χ1) is 10.5. The first-order valence-corrected chi connectivity index (χ1v) is 7.66.